The average Bonchev–Trinajstić information content (AvgIpc) is 2.37. The molecular formula is C13H17ClO5. The SMILES string of the molecule is CCOC(=O)CC(O)C(O)c1ccc(Cl)cc1CO. The smallest absolute Gasteiger partial charge is 0.308 e. The van der Waals surface area contributed by atoms with Gasteiger partial charge in [-0.3, -0.25) is 4.79 Å². The third kappa shape index (κ3) is 4.47. The molecule has 2 unspecified atom stereocenters. The molecule has 0 amide bonds. The summed E-state index contributed by atoms with van der Waals surface area (Å²) < 4.78 is 4.69. The monoisotopic (exact) mass is 288 g/mol. The summed E-state index contributed by atoms with van der Waals surface area (Å²) in [7, 11) is 0. The highest BCUT2D eigenvalue weighted by Gasteiger charge is 2.24. The van der Waals surface area contributed by atoms with Crippen molar-refractivity contribution < 1.29 is 24.9 Å². The summed E-state index contributed by atoms with van der Waals surface area (Å²) in [5.41, 5.74) is 0.742. The number of rotatable bonds is 6. The van der Waals surface area contributed by atoms with Gasteiger partial charge in [0.1, 0.15) is 6.10 Å². The van der Waals surface area contributed by atoms with E-state index in [0.29, 0.717) is 16.1 Å². The molecule has 1 aromatic rings. The van der Waals surface area contributed by atoms with E-state index in [4.69, 9.17) is 16.3 Å². The van der Waals surface area contributed by atoms with Crippen LogP contribution in [0.1, 0.15) is 30.6 Å². The predicted octanol–water partition coefficient (Wildman–Crippen LogP) is 1.18. The van der Waals surface area contributed by atoms with Gasteiger partial charge >= 0.3 is 5.97 Å². The second kappa shape index (κ2) is 7.45. The van der Waals surface area contributed by atoms with Crippen LogP contribution in [0.3, 0.4) is 0 Å². The van der Waals surface area contributed by atoms with Gasteiger partial charge in [0.15, 0.2) is 0 Å². The number of ether oxygens (including phenoxy) is 1. The fraction of sp³-hybridized carbons (Fsp3) is 0.462. The van der Waals surface area contributed by atoms with Gasteiger partial charge in [0.2, 0.25) is 0 Å². The van der Waals surface area contributed by atoms with Crippen LogP contribution in [-0.4, -0.2) is 34.0 Å². The number of hydrogen-bond acceptors (Lipinski definition) is 5. The molecule has 0 aliphatic heterocycles. The Kier molecular flexibility index (Phi) is 6.24. The van der Waals surface area contributed by atoms with Gasteiger partial charge in [0, 0.05) is 5.02 Å². The van der Waals surface area contributed by atoms with Gasteiger partial charge in [0.25, 0.3) is 0 Å². The number of halogens is 1. The van der Waals surface area contributed by atoms with E-state index in [1.165, 1.54) is 18.2 Å². The van der Waals surface area contributed by atoms with Gasteiger partial charge in [0.05, 0.1) is 25.7 Å². The zero-order chi connectivity index (χ0) is 14.4. The number of benzene rings is 1. The van der Waals surface area contributed by atoms with E-state index in [2.05, 4.69) is 0 Å². The first-order valence-electron chi connectivity index (χ1n) is 5.90. The Balaban J connectivity index is 2.81. The standard InChI is InChI=1S/C13H17ClO5/c1-2-19-12(17)6-11(16)13(18)10-4-3-9(14)5-8(10)7-15/h3-5,11,13,15-16,18H,2,6-7H2,1H3. The number of carbonyl (C=O) groups is 1. The first-order chi connectivity index (χ1) is 8.99. The highest BCUT2D eigenvalue weighted by molar-refractivity contribution is 6.30. The predicted molar refractivity (Wildman–Crippen MR) is 69.6 cm³/mol. The number of esters is 1. The van der Waals surface area contributed by atoms with Crippen LogP contribution in [0.25, 0.3) is 0 Å². The molecule has 0 aliphatic carbocycles. The lowest BCUT2D eigenvalue weighted by atomic mass is 9.97. The van der Waals surface area contributed by atoms with Crippen molar-refractivity contribution in [3.8, 4) is 0 Å². The molecule has 1 aromatic carbocycles. The van der Waals surface area contributed by atoms with Crippen molar-refractivity contribution in [2.75, 3.05) is 6.61 Å². The summed E-state index contributed by atoms with van der Waals surface area (Å²) in [4.78, 5) is 11.2. The average molecular weight is 289 g/mol. The summed E-state index contributed by atoms with van der Waals surface area (Å²) in [5, 5.41) is 29.4. The summed E-state index contributed by atoms with van der Waals surface area (Å²) in [6.45, 7) is 1.55. The van der Waals surface area contributed by atoms with Gasteiger partial charge < -0.3 is 20.1 Å². The molecule has 5 nitrogen and oxygen atoms in total. The fourth-order valence-corrected chi connectivity index (χ4v) is 1.90. The lowest BCUT2D eigenvalue weighted by molar-refractivity contribution is -0.147. The van der Waals surface area contributed by atoms with Crippen molar-refractivity contribution in [2.45, 2.75) is 32.2 Å². The number of aliphatic hydroxyl groups excluding tert-OH is 3. The Bertz CT molecular complexity index is 435. The maximum Gasteiger partial charge on any atom is 0.308 e. The first kappa shape index (κ1) is 15.9. The Labute approximate surface area is 116 Å². The molecule has 1 rings (SSSR count). The summed E-state index contributed by atoms with van der Waals surface area (Å²) in [6.07, 6.45) is -2.91. The minimum Gasteiger partial charge on any atom is -0.466 e. The second-order valence-corrected chi connectivity index (χ2v) is 4.46. The molecule has 106 valence electrons. The fourth-order valence-electron chi connectivity index (χ4n) is 1.71. The van der Waals surface area contributed by atoms with E-state index >= 15 is 0 Å². The molecule has 0 spiro atoms. The van der Waals surface area contributed by atoms with Crippen LogP contribution in [0.15, 0.2) is 18.2 Å². The van der Waals surface area contributed by atoms with Crippen molar-refractivity contribution in [1.82, 2.24) is 0 Å². The second-order valence-electron chi connectivity index (χ2n) is 4.02. The molecule has 0 fully saturated rings. The molecule has 6 heteroatoms. The maximum atomic E-state index is 11.2. The van der Waals surface area contributed by atoms with Crippen molar-refractivity contribution >= 4 is 17.6 Å². The largest absolute Gasteiger partial charge is 0.466 e. The van der Waals surface area contributed by atoms with E-state index < -0.39 is 18.2 Å². The quantitative estimate of drug-likeness (QED) is 0.684. The lowest BCUT2D eigenvalue weighted by Crippen LogP contribution is -2.24. The van der Waals surface area contributed by atoms with Crippen LogP contribution in [0.4, 0.5) is 0 Å². The van der Waals surface area contributed by atoms with E-state index in [-0.39, 0.29) is 19.6 Å². The molecule has 0 bridgehead atoms. The molecule has 0 heterocycles. The van der Waals surface area contributed by atoms with Gasteiger partial charge in [-0.25, -0.2) is 0 Å². The molecule has 0 radical (unpaired) electrons. The Hall–Kier alpha value is -1.14. The van der Waals surface area contributed by atoms with Crippen LogP contribution < -0.4 is 0 Å². The summed E-state index contributed by atoms with van der Waals surface area (Å²) >= 11 is 5.78. The van der Waals surface area contributed by atoms with Crippen LogP contribution in [0.5, 0.6) is 0 Å². The third-order valence-corrected chi connectivity index (χ3v) is 2.87. The topological polar surface area (TPSA) is 87.0 Å². The molecule has 0 aromatic heterocycles. The van der Waals surface area contributed by atoms with Gasteiger partial charge in [-0.15, -0.1) is 0 Å². The van der Waals surface area contributed by atoms with E-state index in [0.717, 1.165) is 0 Å². The zero-order valence-electron chi connectivity index (χ0n) is 10.5. The van der Waals surface area contributed by atoms with E-state index in [9.17, 15) is 20.1 Å². The molecule has 2 atom stereocenters. The van der Waals surface area contributed by atoms with Crippen LogP contribution in [-0.2, 0) is 16.1 Å². The minimum absolute atomic E-state index is 0.213. The normalized spacial score (nSPS) is 13.9. The number of carbonyl (C=O) groups excluding carboxylic acids is 1. The van der Waals surface area contributed by atoms with Gasteiger partial charge in [-0.1, -0.05) is 17.7 Å². The number of hydrogen-bond donors (Lipinski definition) is 3. The molecule has 0 aliphatic rings. The van der Waals surface area contributed by atoms with Crippen molar-refractivity contribution in [1.29, 1.82) is 0 Å². The van der Waals surface area contributed by atoms with Gasteiger partial charge in [-0.2, -0.15) is 0 Å². The van der Waals surface area contributed by atoms with Crippen molar-refractivity contribution in [3.05, 3.63) is 34.3 Å². The van der Waals surface area contributed by atoms with Gasteiger partial charge in [-0.05, 0) is 30.2 Å². The zero-order valence-corrected chi connectivity index (χ0v) is 11.3. The summed E-state index contributed by atoms with van der Waals surface area (Å²) in [5.74, 6) is -0.589. The molecule has 0 saturated heterocycles. The van der Waals surface area contributed by atoms with E-state index in [1.54, 1.807) is 6.92 Å². The Morgan fingerprint density at radius 2 is 2.11 bits per heavy atom. The van der Waals surface area contributed by atoms with E-state index in [1.807, 2.05) is 0 Å². The molecule has 0 saturated carbocycles. The molecule has 19 heavy (non-hydrogen) atoms. The van der Waals surface area contributed by atoms with Crippen molar-refractivity contribution in [2.24, 2.45) is 0 Å². The molecular weight excluding hydrogens is 272 g/mol. The Morgan fingerprint density at radius 1 is 1.42 bits per heavy atom. The highest BCUT2D eigenvalue weighted by Crippen LogP contribution is 2.25. The minimum atomic E-state index is -1.30. The van der Waals surface area contributed by atoms with Crippen LogP contribution >= 0.6 is 11.6 Å². The van der Waals surface area contributed by atoms with Crippen molar-refractivity contribution in [3.63, 3.8) is 0 Å². The lowest BCUT2D eigenvalue weighted by Gasteiger charge is -2.20. The Morgan fingerprint density at radius 3 is 2.68 bits per heavy atom. The first-order valence-corrected chi connectivity index (χ1v) is 6.28. The highest BCUT2D eigenvalue weighted by atomic mass is 35.5. The summed E-state index contributed by atoms with van der Waals surface area (Å²) in [6, 6.07) is 4.54. The maximum absolute atomic E-state index is 11.2. The van der Waals surface area contributed by atoms with Crippen LogP contribution in [0.2, 0.25) is 5.02 Å². The third-order valence-electron chi connectivity index (χ3n) is 2.64. The van der Waals surface area contributed by atoms with Crippen LogP contribution in [0, 0.1) is 0 Å². The molecule has 3 N–H and O–H groups in total. The number of aliphatic hydroxyl groups is 3.